The number of nitrogens with two attached hydrogens (primary N) is 1. The number of pyridine rings is 1. The fraction of sp³-hybridized carbons (Fsp3) is 0.200. The van der Waals surface area contributed by atoms with E-state index >= 15 is 0 Å². The van der Waals surface area contributed by atoms with E-state index in [9.17, 15) is 0 Å². The Morgan fingerprint density at radius 3 is 2.74 bits per heavy atom. The van der Waals surface area contributed by atoms with Crippen molar-refractivity contribution in [2.45, 2.75) is 19.4 Å². The number of imidazole rings is 1. The minimum absolute atomic E-state index is 0.00795. The van der Waals surface area contributed by atoms with Crippen LogP contribution in [0.1, 0.15) is 25.1 Å². The summed E-state index contributed by atoms with van der Waals surface area (Å²) in [5.74, 6) is 0. The largest absolute Gasteiger partial charge is 0.323 e. The molecule has 0 aliphatic rings. The molecule has 2 heterocycles. The Morgan fingerprint density at radius 2 is 2.00 bits per heavy atom. The summed E-state index contributed by atoms with van der Waals surface area (Å²) in [6.07, 6.45) is 4.56. The minimum atomic E-state index is 0.00795. The molecule has 4 nitrogen and oxygen atoms in total. The Hall–Kier alpha value is -2.20. The topological polar surface area (TPSA) is 56.7 Å². The fourth-order valence-electron chi connectivity index (χ4n) is 2.13. The van der Waals surface area contributed by atoms with E-state index in [0.717, 1.165) is 28.8 Å². The van der Waals surface area contributed by atoms with Crippen molar-refractivity contribution in [3.63, 3.8) is 0 Å². The number of hydrogen-bond acceptors (Lipinski definition) is 3. The van der Waals surface area contributed by atoms with Gasteiger partial charge in [-0.2, -0.15) is 0 Å². The Bertz CT molecular complexity index is 685. The molecule has 4 heteroatoms. The lowest BCUT2D eigenvalue weighted by molar-refractivity contribution is 0.675. The van der Waals surface area contributed by atoms with Crippen LogP contribution in [0.25, 0.3) is 16.7 Å². The lowest BCUT2D eigenvalue weighted by Gasteiger charge is -2.09. The van der Waals surface area contributed by atoms with Gasteiger partial charge in [-0.25, -0.2) is 4.98 Å². The van der Waals surface area contributed by atoms with Crippen LogP contribution in [0.4, 0.5) is 0 Å². The highest BCUT2D eigenvalue weighted by atomic mass is 15.1. The van der Waals surface area contributed by atoms with Crippen LogP contribution in [0, 0.1) is 0 Å². The fourth-order valence-corrected chi connectivity index (χ4v) is 2.13. The van der Waals surface area contributed by atoms with Gasteiger partial charge in [-0.05, 0) is 30.7 Å². The predicted molar refractivity (Wildman–Crippen MR) is 76.1 cm³/mol. The highest BCUT2D eigenvalue weighted by Gasteiger charge is 2.07. The van der Waals surface area contributed by atoms with E-state index in [0.29, 0.717) is 0 Å². The predicted octanol–water partition coefficient (Wildman–Crippen LogP) is 2.83. The van der Waals surface area contributed by atoms with Crippen molar-refractivity contribution in [2.75, 3.05) is 0 Å². The van der Waals surface area contributed by atoms with E-state index in [1.54, 1.807) is 0 Å². The molecule has 0 radical (unpaired) electrons. The van der Waals surface area contributed by atoms with Crippen LogP contribution in [0.2, 0.25) is 0 Å². The maximum Gasteiger partial charge on any atom is 0.100 e. The summed E-state index contributed by atoms with van der Waals surface area (Å²) in [4.78, 5) is 8.82. The molecule has 0 saturated heterocycles. The molecule has 2 aromatic heterocycles. The molecule has 19 heavy (non-hydrogen) atoms. The van der Waals surface area contributed by atoms with Crippen molar-refractivity contribution in [2.24, 2.45) is 5.73 Å². The van der Waals surface area contributed by atoms with E-state index < -0.39 is 0 Å². The molecule has 96 valence electrons. The first-order chi connectivity index (χ1) is 9.29. The van der Waals surface area contributed by atoms with Gasteiger partial charge >= 0.3 is 0 Å². The number of rotatable bonds is 3. The van der Waals surface area contributed by atoms with Crippen molar-refractivity contribution in [3.05, 3.63) is 54.6 Å². The maximum atomic E-state index is 5.97. The second kappa shape index (κ2) is 4.82. The average molecular weight is 252 g/mol. The first-order valence-electron chi connectivity index (χ1n) is 6.43. The molecule has 0 spiro atoms. The van der Waals surface area contributed by atoms with Crippen LogP contribution in [-0.4, -0.2) is 14.5 Å². The molecule has 0 saturated carbocycles. The van der Waals surface area contributed by atoms with Gasteiger partial charge in [0.05, 0.1) is 28.6 Å². The number of para-hydroxylation sites is 2. The Morgan fingerprint density at radius 1 is 1.16 bits per heavy atom. The second-order valence-corrected chi connectivity index (χ2v) is 4.56. The van der Waals surface area contributed by atoms with E-state index in [1.165, 1.54) is 0 Å². The number of hydrogen-bond donors (Lipinski definition) is 1. The molecule has 3 rings (SSSR count). The molecular weight excluding hydrogens is 236 g/mol. The third-order valence-electron chi connectivity index (χ3n) is 3.32. The quantitative estimate of drug-likeness (QED) is 0.779. The van der Waals surface area contributed by atoms with Gasteiger partial charge in [0, 0.05) is 6.04 Å². The van der Waals surface area contributed by atoms with Gasteiger partial charge in [-0.3, -0.25) is 9.55 Å². The van der Waals surface area contributed by atoms with Crippen molar-refractivity contribution in [1.29, 1.82) is 0 Å². The Kier molecular flexibility index (Phi) is 3.01. The zero-order valence-corrected chi connectivity index (χ0v) is 10.8. The van der Waals surface area contributed by atoms with Gasteiger partial charge in [0.1, 0.15) is 6.33 Å². The summed E-state index contributed by atoms with van der Waals surface area (Å²) in [6, 6.07) is 12.1. The lowest BCUT2D eigenvalue weighted by Crippen LogP contribution is -2.10. The summed E-state index contributed by atoms with van der Waals surface area (Å²) in [6.45, 7) is 2.06. The third-order valence-corrected chi connectivity index (χ3v) is 3.32. The number of benzene rings is 1. The summed E-state index contributed by atoms with van der Waals surface area (Å²) in [5.41, 5.74) is 9.96. The van der Waals surface area contributed by atoms with Crippen molar-refractivity contribution >= 4 is 11.0 Å². The van der Waals surface area contributed by atoms with Gasteiger partial charge in [-0.15, -0.1) is 0 Å². The molecule has 1 atom stereocenters. The monoisotopic (exact) mass is 252 g/mol. The molecule has 2 N–H and O–H groups in total. The Balaban J connectivity index is 2.02. The SMILES string of the molecule is CC[C@@H](N)c1ccc(-n2cnc3ccccc32)cn1. The minimum Gasteiger partial charge on any atom is -0.323 e. The van der Waals surface area contributed by atoms with Crippen LogP contribution in [0.3, 0.4) is 0 Å². The highest BCUT2D eigenvalue weighted by molar-refractivity contribution is 5.77. The van der Waals surface area contributed by atoms with Crippen LogP contribution < -0.4 is 5.73 Å². The standard InChI is InChI=1S/C15H16N4/c1-2-12(16)13-8-7-11(9-17-13)19-10-18-14-5-3-4-6-15(14)19/h3-10,12H,2,16H2,1H3/t12-/m1/s1. The second-order valence-electron chi connectivity index (χ2n) is 4.56. The van der Waals surface area contributed by atoms with E-state index in [-0.39, 0.29) is 6.04 Å². The Labute approximate surface area is 111 Å². The summed E-state index contributed by atoms with van der Waals surface area (Å²) in [5, 5.41) is 0. The van der Waals surface area contributed by atoms with Crippen LogP contribution in [-0.2, 0) is 0 Å². The molecule has 0 bridgehead atoms. The van der Waals surface area contributed by atoms with Gasteiger partial charge < -0.3 is 5.73 Å². The maximum absolute atomic E-state index is 5.97. The molecule has 0 fully saturated rings. The van der Waals surface area contributed by atoms with Crippen LogP contribution >= 0.6 is 0 Å². The average Bonchev–Trinajstić information content (AvgIpc) is 2.90. The third kappa shape index (κ3) is 2.11. The number of fused-ring (bicyclic) bond motifs is 1. The highest BCUT2D eigenvalue weighted by Crippen LogP contribution is 2.18. The van der Waals surface area contributed by atoms with Crippen LogP contribution in [0.15, 0.2) is 48.9 Å². The lowest BCUT2D eigenvalue weighted by atomic mass is 10.1. The normalized spacial score (nSPS) is 12.7. The smallest absolute Gasteiger partial charge is 0.100 e. The number of aromatic nitrogens is 3. The zero-order valence-electron chi connectivity index (χ0n) is 10.8. The van der Waals surface area contributed by atoms with E-state index in [4.69, 9.17) is 5.73 Å². The first kappa shape index (κ1) is 11.9. The molecule has 1 aromatic carbocycles. The van der Waals surface area contributed by atoms with Gasteiger partial charge in [-0.1, -0.05) is 19.1 Å². The van der Waals surface area contributed by atoms with Crippen LogP contribution in [0.5, 0.6) is 0 Å². The first-order valence-corrected chi connectivity index (χ1v) is 6.43. The van der Waals surface area contributed by atoms with Crippen molar-refractivity contribution < 1.29 is 0 Å². The summed E-state index contributed by atoms with van der Waals surface area (Å²) < 4.78 is 2.03. The van der Waals surface area contributed by atoms with Gasteiger partial charge in [0.2, 0.25) is 0 Å². The molecular formula is C15H16N4. The summed E-state index contributed by atoms with van der Waals surface area (Å²) >= 11 is 0. The molecule has 0 amide bonds. The van der Waals surface area contributed by atoms with Gasteiger partial charge in [0.15, 0.2) is 0 Å². The van der Waals surface area contributed by atoms with Gasteiger partial charge in [0.25, 0.3) is 0 Å². The van der Waals surface area contributed by atoms with E-state index in [1.807, 2.05) is 53.5 Å². The van der Waals surface area contributed by atoms with Crippen molar-refractivity contribution in [1.82, 2.24) is 14.5 Å². The summed E-state index contributed by atoms with van der Waals surface area (Å²) in [7, 11) is 0. The zero-order chi connectivity index (χ0) is 13.2. The molecule has 3 aromatic rings. The van der Waals surface area contributed by atoms with E-state index in [2.05, 4.69) is 16.9 Å². The molecule has 0 aliphatic heterocycles. The van der Waals surface area contributed by atoms with Crippen molar-refractivity contribution in [3.8, 4) is 5.69 Å². The molecule has 0 aliphatic carbocycles. The molecule has 0 unspecified atom stereocenters. The number of nitrogens with zero attached hydrogens (tertiary/aromatic N) is 3.